The van der Waals surface area contributed by atoms with E-state index in [2.05, 4.69) is 34.6 Å². The molecule has 0 N–H and O–H groups in total. The van der Waals surface area contributed by atoms with Crippen LogP contribution in [0.1, 0.15) is 53.9 Å². The van der Waals surface area contributed by atoms with E-state index in [0.717, 1.165) is 5.92 Å². The fraction of sp³-hybridized carbons (Fsp3) is 1.00. The van der Waals surface area contributed by atoms with E-state index in [-0.39, 0.29) is 0 Å². The van der Waals surface area contributed by atoms with Crippen molar-refractivity contribution in [3.8, 4) is 0 Å². The van der Waals surface area contributed by atoms with Gasteiger partial charge in [0.05, 0.1) is 12.2 Å². The largest absolute Gasteiger partial charge is 0.369 e. The Morgan fingerprint density at radius 1 is 1.31 bits per heavy atom. The van der Waals surface area contributed by atoms with Gasteiger partial charge in [-0.05, 0) is 17.8 Å². The van der Waals surface area contributed by atoms with Gasteiger partial charge < -0.3 is 4.74 Å². The fourth-order valence-electron chi connectivity index (χ4n) is 1.74. The van der Waals surface area contributed by atoms with Gasteiger partial charge in [0.2, 0.25) is 0 Å². The normalized spacial score (nSPS) is 30.2. The highest BCUT2D eigenvalue weighted by atomic mass is 16.6. The molecule has 0 saturated carbocycles. The Morgan fingerprint density at radius 3 is 2.38 bits per heavy atom. The molecule has 1 saturated heterocycles. The highest BCUT2D eigenvalue weighted by molar-refractivity contribution is 4.91. The average molecular weight is 184 g/mol. The van der Waals surface area contributed by atoms with E-state index in [9.17, 15) is 0 Å². The number of hydrogen-bond acceptors (Lipinski definition) is 1. The molecule has 0 aromatic rings. The molecule has 0 radical (unpaired) electrons. The maximum Gasteiger partial charge on any atom is 0.0867 e. The van der Waals surface area contributed by atoms with Crippen molar-refractivity contribution in [1.29, 1.82) is 0 Å². The van der Waals surface area contributed by atoms with E-state index < -0.39 is 0 Å². The highest BCUT2D eigenvalue weighted by Crippen LogP contribution is 2.40. The first-order valence-corrected chi connectivity index (χ1v) is 5.65. The van der Waals surface area contributed by atoms with Crippen LogP contribution in [0.5, 0.6) is 0 Å². The number of hydrogen-bond donors (Lipinski definition) is 0. The van der Waals surface area contributed by atoms with Crippen LogP contribution in [0.4, 0.5) is 0 Å². The lowest BCUT2D eigenvalue weighted by Gasteiger charge is -2.21. The van der Waals surface area contributed by atoms with Crippen molar-refractivity contribution in [2.24, 2.45) is 11.3 Å². The molecule has 1 nitrogen and oxygen atoms in total. The first kappa shape index (κ1) is 11.0. The number of epoxide rings is 1. The lowest BCUT2D eigenvalue weighted by Crippen LogP contribution is -2.15. The lowest BCUT2D eigenvalue weighted by molar-refractivity contribution is 0.260. The Kier molecular flexibility index (Phi) is 3.39. The van der Waals surface area contributed by atoms with Gasteiger partial charge in [-0.25, -0.2) is 0 Å². The molecule has 0 amide bonds. The predicted octanol–water partition coefficient (Wildman–Crippen LogP) is 3.63. The van der Waals surface area contributed by atoms with Crippen LogP contribution in [0.15, 0.2) is 0 Å². The van der Waals surface area contributed by atoms with Gasteiger partial charge >= 0.3 is 0 Å². The molecule has 3 atom stereocenters. The minimum absolute atomic E-state index is 0.465. The van der Waals surface area contributed by atoms with Crippen molar-refractivity contribution in [1.82, 2.24) is 0 Å². The molecule has 1 fully saturated rings. The quantitative estimate of drug-likeness (QED) is 0.594. The van der Waals surface area contributed by atoms with Gasteiger partial charge in [0.15, 0.2) is 0 Å². The second kappa shape index (κ2) is 4.00. The summed E-state index contributed by atoms with van der Waals surface area (Å²) in [7, 11) is 0. The van der Waals surface area contributed by atoms with Crippen LogP contribution in [-0.2, 0) is 4.74 Å². The third kappa shape index (κ3) is 2.98. The summed E-state index contributed by atoms with van der Waals surface area (Å²) in [6.45, 7) is 11.5. The van der Waals surface area contributed by atoms with Crippen molar-refractivity contribution in [3.63, 3.8) is 0 Å². The Morgan fingerprint density at radius 2 is 1.92 bits per heavy atom. The summed E-state index contributed by atoms with van der Waals surface area (Å²) >= 11 is 0. The molecule has 78 valence electrons. The summed E-state index contributed by atoms with van der Waals surface area (Å²) in [6, 6.07) is 0. The summed E-state index contributed by atoms with van der Waals surface area (Å²) in [4.78, 5) is 0. The van der Waals surface area contributed by atoms with Gasteiger partial charge in [-0.1, -0.05) is 47.5 Å². The Bertz CT molecular complexity index is 163. The second-order valence-corrected chi connectivity index (χ2v) is 5.25. The second-order valence-electron chi connectivity index (χ2n) is 5.25. The third-order valence-corrected chi connectivity index (χ3v) is 3.54. The molecule has 3 unspecified atom stereocenters. The molecule has 1 heterocycles. The van der Waals surface area contributed by atoms with Crippen LogP contribution >= 0.6 is 0 Å². The zero-order valence-electron chi connectivity index (χ0n) is 9.76. The van der Waals surface area contributed by atoms with Crippen LogP contribution in [0.3, 0.4) is 0 Å². The zero-order chi connectivity index (χ0) is 10.1. The van der Waals surface area contributed by atoms with Crippen molar-refractivity contribution in [2.75, 3.05) is 0 Å². The minimum atomic E-state index is 0.465. The summed E-state index contributed by atoms with van der Waals surface area (Å²) in [5, 5.41) is 0. The van der Waals surface area contributed by atoms with Gasteiger partial charge in [0.25, 0.3) is 0 Å². The summed E-state index contributed by atoms with van der Waals surface area (Å²) in [5.41, 5.74) is 0.465. The van der Waals surface area contributed by atoms with E-state index in [1.165, 1.54) is 19.3 Å². The van der Waals surface area contributed by atoms with E-state index in [1.807, 2.05) is 0 Å². The maximum absolute atomic E-state index is 5.71. The average Bonchev–Trinajstić information content (AvgIpc) is 2.82. The third-order valence-electron chi connectivity index (χ3n) is 3.54. The molecule has 1 rings (SSSR count). The van der Waals surface area contributed by atoms with Crippen LogP contribution in [0.25, 0.3) is 0 Å². The predicted molar refractivity (Wildman–Crippen MR) is 56.8 cm³/mol. The molecular weight excluding hydrogens is 160 g/mol. The first-order valence-electron chi connectivity index (χ1n) is 5.65. The van der Waals surface area contributed by atoms with Crippen molar-refractivity contribution >= 4 is 0 Å². The first-order chi connectivity index (χ1) is 6.00. The van der Waals surface area contributed by atoms with Crippen LogP contribution < -0.4 is 0 Å². The van der Waals surface area contributed by atoms with Gasteiger partial charge in [0.1, 0.15) is 0 Å². The summed E-state index contributed by atoms with van der Waals surface area (Å²) < 4.78 is 5.71. The number of rotatable bonds is 5. The monoisotopic (exact) mass is 184 g/mol. The van der Waals surface area contributed by atoms with Crippen LogP contribution in [0, 0.1) is 11.3 Å². The maximum atomic E-state index is 5.71. The lowest BCUT2D eigenvalue weighted by atomic mass is 9.83. The van der Waals surface area contributed by atoms with Crippen LogP contribution in [-0.4, -0.2) is 12.2 Å². The zero-order valence-corrected chi connectivity index (χ0v) is 9.76. The molecule has 1 aliphatic heterocycles. The van der Waals surface area contributed by atoms with Crippen LogP contribution in [0.2, 0.25) is 0 Å². The SMILES string of the molecule is CCC(C)C1OC1CC(C)(C)CC. The van der Waals surface area contributed by atoms with Gasteiger partial charge in [0, 0.05) is 0 Å². The molecule has 0 aromatic heterocycles. The molecule has 0 bridgehead atoms. The standard InChI is InChI=1S/C12H24O/c1-6-9(3)11-10(13-11)8-12(4,5)7-2/h9-11H,6-8H2,1-5H3. The number of ether oxygens (including phenoxy) is 1. The molecule has 0 aliphatic carbocycles. The molecule has 1 aliphatic rings. The van der Waals surface area contributed by atoms with Gasteiger partial charge in [-0.3, -0.25) is 0 Å². The van der Waals surface area contributed by atoms with E-state index in [1.54, 1.807) is 0 Å². The molecule has 0 aromatic carbocycles. The van der Waals surface area contributed by atoms with Crippen molar-refractivity contribution < 1.29 is 4.74 Å². The highest BCUT2D eigenvalue weighted by Gasteiger charge is 2.44. The van der Waals surface area contributed by atoms with Crippen molar-refractivity contribution in [3.05, 3.63) is 0 Å². The fourth-order valence-corrected chi connectivity index (χ4v) is 1.74. The van der Waals surface area contributed by atoms with Gasteiger partial charge in [-0.15, -0.1) is 0 Å². The molecular formula is C12H24O. The van der Waals surface area contributed by atoms with Crippen molar-refractivity contribution in [2.45, 2.75) is 66.1 Å². The van der Waals surface area contributed by atoms with E-state index >= 15 is 0 Å². The smallest absolute Gasteiger partial charge is 0.0867 e. The Labute approximate surface area is 82.9 Å². The minimum Gasteiger partial charge on any atom is -0.369 e. The van der Waals surface area contributed by atoms with E-state index in [4.69, 9.17) is 4.74 Å². The molecule has 1 heteroatoms. The topological polar surface area (TPSA) is 12.5 Å². The molecule has 0 spiro atoms. The Hall–Kier alpha value is -0.0400. The Balaban J connectivity index is 2.28. The summed E-state index contributed by atoms with van der Waals surface area (Å²) in [5.74, 6) is 0.748. The van der Waals surface area contributed by atoms with E-state index in [0.29, 0.717) is 17.6 Å². The summed E-state index contributed by atoms with van der Waals surface area (Å²) in [6.07, 6.45) is 4.85. The molecule has 13 heavy (non-hydrogen) atoms. The van der Waals surface area contributed by atoms with Gasteiger partial charge in [-0.2, -0.15) is 0 Å².